The van der Waals surface area contributed by atoms with E-state index in [1.807, 2.05) is 43.3 Å². The topological polar surface area (TPSA) is 101 Å². The first-order valence-electron chi connectivity index (χ1n) is 15.8. The van der Waals surface area contributed by atoms with Crippen molar-refractivity contribution in [3.8, 4) is 5.75 Å². The van der Waals surface area contributed by atoms with Crippen LogP contribution in [0.4, 0.5) is 0 Å². The van der Waals surface area contributed by atoms with Crippen LogP contribution in [0.2, 0.25) is 0 Å². The number of amides is 2. The molecular formula is C36H46N2O5. The fourth-order valence-electron chi connectivity index (χ4n) is 7.45. The van der Waals surface area contributed by atoms with Crippen molar-refractivity contribution in [2.75, 3.05) is 19.7 Å². The van der Waals surface area contributed by atoms with Crippen molar-refractivity contribution in [2.24, 2.45) is 23.7 Å². The summed E-state index contributed by atoms with van der Waals surface area (Å²) in [7, 11) is 0. The van der Waals surface area contributed by atoms with Gasteiger partial charge in [0.05, 0.1) is 24.5 Å². The van der Waals surface area contributed by atoms with Gasteiger partial charge in [0.25, 0.3) is 0 Å². The Hall–Kier alpha value is -3.26. The number of fused-ring (bicyclic) bond motifs is 1. The van der Waals surface area contributed by atoms with Gasteiger partial charge in [-0.15, -0.1) is 0 Å². The fraction of sp³-hybridized carbons (Fsp3) is 0.500. The van der Waals surface area contributed by atoms with Gasteiger partial charge in [-0.2, -0.15) is 0 Å². The lowest BCUT2D eigenvalue weighted by Gasteiger charge is -2.38. The van der Waals surface area contributed by atoms with Crippen molar-refractivity contribution < 1.29 is 24.9 Å². The van der Waals surface area contributed by atoms with Gasteiger partial charge in [-0.25, -0.2) is 0 Å². The predicted octanol–water partition coefficient (Wildman–Crippen LogP) is 5.17. The third-order valence-corrected chi connectivity index (χ3v) is 9.70. The number of hydrogen-bond acceptors (Lipinski definition) is 6. The third-order valence-electron chi connectivity index (χ3n) is 9.70. The first-order chi connectivity index (χ1) is 20.7. The Morgan fingerprint density at radius 2 is 1.67 bits per heavy atom. The van der Waals surface area contributed by atoms with Gasteiger partial charge in [0, 0.05) is 31.6 Å². The van der Waals surface area contributed by atoms with E-state index >= 15 is 0 Å². The fourth-order valence-corrected chi connectivity index (χ4v) is 7.45. The van der Waals surface area contributed by atoms with Gasteiger partial charge in [0.1, 0.15) is 5.75 Å². The molecule has 7 nitrogen and oxygen atoms in total. The number of allylic oxidation sites excluding steroid dienone is 2. The highest BCUT2D eigenvalue weighted by atomic mass is 16.3. The molecule has 2 fully saturated rings. The normalized spacial score (nSPS) is 24.7. The second-order valence-electron chi connectivity index (χ2n) is 12.9. The summed E-state index contributed by atoms with van der Waals surface area (Å²) in [5.74, 6) is -1.63. The molecule has 2 amide bonds. The third kappa shape index (κ3) is 6.79. The molecular weight excluding hydrogens is 540 g/mol. The molecule has 2 aromatic carbocycles. The number of carbonyl (C=O) groups excluding carboxylic acids is 2. The number of nitrogens with zero attached hydrogens (tertiary/aromatic N) is 2. The predicted molar refractivity (Wildman–Crippen MR) is 168 cm³/mol. The summed E-state index contributed by atoms with van der Waals surface area (Å²) in [6.45, 7) is 8.38. The van der Waals surface area contributed by atoms with Crippen LogP contribution in [0, 0.1) is 23.7 Å². The van der Waals surface area contributed by atoms with Gasteiger partial charge in [0.15, 0.2) is 0 Å². The van der Waals surface area contributed by atoms with Crippen LogP contribution in [0.5, 0.6) is 5.75 Å². The Morgan fingerprint density at radius 3 is 2.30 bits per heavy atom. The lowest BCUT2D eigenvalue weighted by atomic mass is 9.66. The number of aromatic hydroxyl groups is 1. The SMILES string of the molecule is C/C(=C\c1ccc(O)cc1)CC[C@@H](O)C1=C(C(C)C)C[C@H]2C(=O)N(C3CCN(Cc4ccccc4)CC3)C(=O)[C@H]2[C@H]1CO. The van der Waals surface area contributed by atoms with E-state index in [2.05, 4.69) is 30.9 Å². The molecule has 2 heterocycles. The largest absolute Gasteiger partial charge is 0.508 e. The molecule has 0 spiro atoms. The van der Waals surface area contributed by atoms with Crippen LogP contribution >= 0.6 is 0 Å². The van der Waals surface area contributed by atoms with Crippen LogP contribution in [0.1, 0.15) is 64.0 Å². The summed E-state index contributed by atoms with van der Waals surface area (Å²) in [4.78, 5) is 31.7. The molecule has 3 aliphatic rings. The minimum atomic E-state index is -0.808. The number of imide groups is 1. The molecule has 3 N–H and O–H groups in total. The molecule has 0 saturated carbocycles. The van der Waals surface area contributed by atoms with Gasteiger partial charge < -0.3 is 15.3 Å². The van der Waals surface area contributed by atoms with Crippen LogP contribution in [0.3, 0.4) is 0 Å². The number of piperidine rings is 1. The number of benzene rings is 2. The molecule has 4 atom stereocenters. The van der Waals surface area contributed by atoms with Crippen molar-refractivity contribution >= 4 is 17.9 Å². The van der Waals surface area contributed by atoms with E-state index in [9.17, 15) is 24.9 Å². The Bertz CT molecular complexity index is 1340. The van der Waals surface area contributed by atoms with Crippen LogP contribution in [-0.4, -0.2) is 68.8 Å². The standard InChI is InChI=1S/C36H46N2O5/c1-23(2)29-20-30-34(31(22-39)33(29)32(41)14-9-24(3)19-25-10-12-28(40)13-11-25)36(43)38(35(30)42)27-15-17-37(18-16-27)21-26-7-5-4-6-8-26/h4-8,10-13,19,23,27,30-32,34,39-41H,9,14-18,20-22H2,1-3H3/b24-19+/t30-,31+,32-,34-/m1/s1. The molecule has 2 aromatic rings. The summed E-state index contributed by atoms with van der Waals surface area (Å²) in [5, 5.41) is 31.8. The van der Waals surface area contributed by atoms with E-state index in [1.54, 1.807) is 12.1 Å². The minimum Gasteiger partial charge on any atom is -0.508 e. The molecule has 0 aromatic heterocycles. The molecule has 7 heteroatoms. The molecule has 2 saturated heterocycles. The molecule has 1 aliphatic carbocycles. The summed E-state index contributed by atoms with van der Waals surface area (Å²) >= 11 is 0. The lowest BCUT2D eigenvalue weighted by Crippen LogP contribution is -2.47. The maximum Gasteiger partial charge on any atom is 0.234 e. The maximum absolute atomic E-state index is 14.0. The minimum absolute atomic E-state index is 0.0893. The van der Waals surface area contributed by atoms with Crippen molar-refractivity contribution in [3.05, 3.63) is 82.4 Å². The number of phenols is 1. The van der Waals surface area contributed by atoms with Crippen LogP contribution in [-0.2, 0) is 16.1 Å². The number of aliphatic hydroxyl groups excluding tert-OH is 2. The van der Waals surface area contributed by atoms with Crippen molar-refractivity contribution in [2.45, 2.75) is 71.6 Å². The summed E-state index contributed by atoms with van der Waals surface area (Å²) in [6.07, 6.45) is 4.29. The zero-order valence-electron chi connectivity index (χ0n) is 25.7. The highest BCUT2D eigenvalue weighted by Gasteiger charge is 2.56. The smallest absolute Gasteiger partial charge is 0.234 e. The van der Waals surface area contributed by atoms with Crippen LogP contribution in [0.15, 0.2) is 71.3 Å². The van der Waals surface area contributed by atoms with E-state index in [0.29, 0.717) is 19.3 Å². The van der Waals surface area contributed by atoms with Gasteiger partial charge in [-0.05, 0) is 73.8 Å². The molecule has 5 rings (SSSR count). The molecule has 2 aliphatic heterocycles. The zero-order valence-corrected chi connectivity index (χ0v) is 25.7. The second kappa shape index (κ2) is 13.6. The second-order valence-corrected chi connectivity index (χ2v) is 12.9. The Balaban J connectivity index is 1.28. The number of phenolic OH excluding ortho intramolecular Hbond substituents is 1. The van der Waals surface area contributed by atoms with E-state index < -0.39 is 23.9 Å². The molecule has 0 bridgehead atoms. The summed E-state index contributed by atoms with van der Waals surface area (Å²) in [5.41, 5.74) is 5.09. The first kappa shape index (κ1) is 31.2. The van der Waals surface area contributed by atoms with E-state index in [1.165, 1.54) is 10.5 Å². The number of hydrogen-bond donors (Lipinski definition) is 3. The van der Waals surface area contributed by atoms with Gasteiger partial charge >= 0.3 is 0 Å². The highest BCUT2D eigenvalue weighted by Crippen LogP contribution is 2.49. The lowest BCUT2D eigenvalue weighted by molar-refractivity contribution is -0.144. The first-order valence-corrected chi connectivity index (χ1v) is 15.8. The maximum atomic E-state index is 14.0. The average Bonchev–Trinajstić information content (AvgIpc) is 3.26. The average molecular weight is 587 g/mol. The molecule has 0 radical (unpaired) electrons. The molecule has 0 unspecified atom stereocenters. The Morgan fingerprint density at radius 1 is 1.00 bits per heavy atom. The van der Waals surface area contributed by atoms with Crippen molar-refractivity contribution in [1.29, 1.82) is 0 Å². The Kier molecular flexibility index (Phi) is 9.85. The Labute approximate surface area is 255 Å². The van der Waals surface area contributed by atoms with E-state index in [-0.39, 0.29) is 36.1 Å². The van der Waals surface area contributed by atoms with Gasteiger partial charge in [0.2, 0.25) is 11.8 Å². The van der Waals surface area contributed by atoms with Crippen molar-refractivity contribution in [1.82, 2.24) is 9.80 Å². The van der Waals surface area contributed by atoms with Gasteiger partial charge in [-0.3, -0.25) is 19.4 Å². The monoisotopic (exact) mass is 586 g/mol. The van der Waals surface area contributed by atoms with Gasteiger partial charge in [-0.1, -0.05) is 73.5 Å². The summed E-state index contributed by atoms with van der Waals surface area (Å²) in [6, 6.07) is 17.2. The van der Waals surface area contributed by atoms with Crippen molar-refractivity contribution in [3.63, 3.8) is 0 Å². The molecule has 43 heavy (non-hydrogen) atoms. The summed E-state index contributed by atoms with van der Waals surface area (Å²) < 4.78 is 0. The highest BCUT2D eigenvalue weighted by molar-refractivity contribution is 6.06. The van der Waals surface area contributed by atoms with E-state index in [0.717, 1.165) is 54.8 Å². The zero-order chi connectivity index (χ0) is 30.7. The van der Waals surface area contributed by atoms with E-state index in [4.69, 9.17) is 0 Å². The van der Waals surface area contributed by atoms with Crippen LogP contribution in [0.25, 0.3) is 6.08 Å². The molecule has 230 valence electrons. The van der Waals surface area contributed by atoms with Crippen LogP contribution < -0.4 is 0 Å². The number of likely N-dealkylation sites (tertiary alicyclic amines) is 2. The number of aliphatic hydroxyl groups is 2. The number of carbonyl (C=O) groups is 2. The number of rotatable bonds is 10. The quantitative estimate of drug-likeness (QED) is 0.263.